The summed E-state index contributed by atoms with van der Waals surface area (Å²) in [6.07, 6.45) is -0.901. The molecule has 0 N–H and O–H groups in total. The van der Waals surface area contributed by atoms with Crippen molar-refractivity contribution in [3.63, 3.8) is 0 Å². The summed E-state index contributed by atoms with van der Waals surface area (Å²) in [5, 5.41) is 8.13. The van der Waals surface area contributed by atoms with Crippen molar-refractivity contribution in [1.29, 1.82) is 0 Å². The van der Waals surface area contributed by atoms with E-state index in [1.54, 1.807) is 6.08 Å². The zero-order valence-corrected chi connectivity index (χ0v) is 13.8. The highest BCUT2D eigenvalue weighted by Gasteiger charge is 2.37. The van der Waals surface area contributed by atoms with Crippen molar-refractivity contribution in [1.82, 2.24) is 9.78 Å². The molecule has 22 heavy (non-hydrogen) atoms. The first kappa shape index (κ1) is 17.2. The molecule has 0 aliphatic carbocycles. The van der Waals surface area contributed by atoms with Gasteiger partial charge in [0.15, 0.2) is 5.69 Å². The third-order valence-corrected chi connectivity index (χ3v) is 4.24. The summed E-state index contributed by atoms with van der Waals surface area (Å²) in [5.41, 5.74) is -1.42. The number of rotatable bonds is 3. The van der Waals surface area contributed by atoms with E-state index in [-0.39, 0.29) is 16.3 Å². The standard InChI is InChI=1S/C13H15ClF3N3OS/c1-12(2)7-9(19-21-12)22-6-4-5-8-10(13(15,16)17)18-20(3)11(8)14/h4-5H,6-7H2,1-3H3/b5-4+. The number of aryl methyl sites for hydroxylation is 1. The normalized spacial score (nSPS) is 17.9. The number of hydrogen-bond acceptors (Lipinski definition) is 4. The Morgan fingerprint density at radius 2 is 2.14 bits per heavy atom. The summed E-state index contributed by atoms with van der Waals surface area (Å²) in [5.74, 6) is 0.473. The number of thioether (sulfide) groups is 1. The molecule has 0 bridgehead atoms. The number of halogens is 4. The fraction of sp³-hybridized carbons (Fsp3) is 0.538. The third-order valence-electron chi connectivity index (χ3n) is 2.88. The van der Waals surface area contributed by atoms with Crippen LogP contribution in [0, 0.1) is 0 Å². The summed E-state index contributed by atoms with van der Waals surface area (Å²) in [6.45, 7) is 3.84. The molecule has 1 aliphatic heterocycles. The molecule has 0 aromatic carbocycles. The first-order valence-corrected chi connectivity index (χ1v) is 7.80. The van der Waals surface area contributed by atoms with Crippen molar-refractivity contribution in [2.45, 2.75) is 32.0 Å². The van der Waals surface area contributed by atoms with E-state index >= 15 is 0 Å². The van der Waals surface area contributed by atoms with Crippen LogP contribution in [0.25, 0.3) is 6.08 Å². The van der Waals surface area contributed by atoms with Gasteiger partial charge in [-0.25, -0.2) is 0 Å². The average Bonchev–Trinajstić information content (AvgIpc) is 2.87. The van der Waals surface area contributed by atoms with Crippen molar-refractivity contribution in [3.05, 3.63) is 22.5 Å². The second-order valence-electron chi connectivity index (χ2n) is 5.40. The average molecular weight is 354 g/mol. The second-order valence-corrected chi connectivity index (χ2v) is 6.85. The van der Waals surface area contributed by atoms with Crippen molar-refractivity contribution in [2.24, 2.45) is 12.2 Å². The minimum Gasteiger partial charge on any atom is -0.389 e. The topological polar surface area (TPSA) is 39.4 Å². The number of alkyl halides is 3. The van der Waals surface area contributed by atoms with E-state index in [9.17, 15) is 13.2 Å². The first-order valence-electron chi connectivity index (χ1n) is 6.44. The molecule has 9 heteroatoms. The highest BCUT2D eigenvalue weighted by atomic mass is 35.5. The van der Waals surface area contributed by atoms with E-state index in [1.165, 1.54) is 24.9 Å². The molecule has 0 atom stereocenters. The predicted molar refractivity (Wildman–Crippen MR) is 81.9 cm³/mol. The van der Waals surface area contributed by atoms with Gasteiger partial charge in [-0.1, -0.05) is 28.9 Å². The predicted octanol–water partition coefficient (Wildman–Crippen LogP) is 4.35. The molecule has 1 aromatic rings. The Morgan fingerprint density at radius 1 is 1.45 bits per heavy atom. The Bertz CT molecular complexity index is 623. The molecule has 2 heterocycles. The lowest BCUT2D eigenvalue weighted by molar-refractivity contribution is -0.141. The lowest BCUT2D eigenvalue weighted by Gasteiger charge is -2.12. The van der Waals surface area contributed by atoms with Crippen molar-refractivity contribution in [2.75, 3.05) is 5.75 Å². The van der Waals surface area contributed by atoms with Crippen LogP contribution in [-0.2, 0) is 18.1 Å². The summed E-state index contributed by atoms with van der Waals surface area (Å²) in [4.78, 5) is 5.21. The Morgan fingerprint density at radius 3 is 2.68 bits per heavy atom. The van der Waals surface area contributed by atoms with E-state index in [0.717, 1.165) is 9.73 Å². The molecule has 0 spiro atoms. The van der Waals surface area contributed by atoms with E-state index in [4.69, 9.17) is 16.4 Å². The lowest BCUT2D eigenvalue weighted by atomic mass is 10.1. The fourth-order valence-corrected chi connectivity index (χ4v) is 2.98. The molecule has 122 valence electrons. The minimum absolute atomic E-state index is 0.0451. The SMILES string of the molecule is Cn1nc(C(F)(F)F)c(/C=C/CSC2=NOC(C)(C)C2)c1Cl. The molecule has 0 amide bonds. The van der Waals surface area contributed by atoms with Gasteiger partial charge < -0.3 is 4.84 Å². The Hall–Kier alpha value is -1.15. The number of oxime groups is 1. The Balaban J connectivity index is 2.02. The highest BCUT2D eigenvalue weighted by Crippen LogP contribution is 2.35. The van der Waals surface area contributed by atoms with Crippen molar-refractivity contribution >= 4 is 34.5 Å². The number of hydrogen-bond donors (Lipinski definition) is 0. The smallest absolute Gasteiger partial charge is 0.389 e. The van der Waals surface area contributed by atoms with Gasteiger partial charge in [0.05, 0.1) is 0 Å². The van der Waals surface area contributed by atoms with Crippen LogP contribution in [-0.4, -0.2) is 26.2 Å². The summed E-state index contributed by atoms with van der Waals surface area (Å²) >= 11 is 7.28. The van der Waals surface area contributed by atoms with Crippen LogP contribution >= 0.6 is 23.4 Å². The van der Waals surface area contributed by atoms with Crippen LogP contribution in [0.3, 0.4) is 0 Å². The molecule has 0 saturated heterocycles. The van der Waals surface area contributed by atoms with Gasteiger partial charge in [0.1, 0.15) is 15.8 Å². The van der Waals surface area contributed by atoms with Crippen molar-refractivity contribution < 1.29 is 18.0 Å². The molecular weight excluding hydrogens is 339 g/mol. The number of aromatic nitrogens is 2. The van der Waals surface area contributed by atoms with E-state index in [1.807, 2.05) is 13.8 Å². The van der Waals surface area contributed by atoms with Gasteiger partial charge in [0.25, 0.3) is 0 Å². The maximum atomic E-state index is 12.9. The van der Waals surface area contributed by atoms with E-state index in [2.05, 4.69) is 10.3 Å². The highest BCUT2D eigenvalue weighted by molar-refractivity contribution is 8.14. The van der Waals surface area contributed by atoms with Gasteiger partial charge in [0, 0.05) is 24.8 Å². The fourth-order valence-electron chi connectivity index (χ4n) is 1.87. The quantitative estimate of drug-likeness (QED) is 0.811. The van der Waals surface area contributed by atoms with Gasteiger partial charge in [-0.3, -0.25) is 4.68 Å². The molecule has 0 saturated carbocycles. The monoisotopic (exact) mass is 353 g/mol. The van der Waals surface area contributed by atoms with Gasteiger partial charge in [-0.2, -0.15) is 18.3 Å². The molecule has 0 fully saturated rings. The molecule has 0 radical (unpaired) electrons. The van der Waals surface area contributed by atoms with E-state index < -0.39 is 11.9 Å². The van der Waals surface area contributed by atoms with Gasteiger partial charge in [0.2, 0.25) is 0 Å². The zero-order chi connectivity index (χ0) is 16.5. The maximum absolute atomic E-state index is 12.9. The van der Waals surface area contributed by atoms with Gasteiger partial charge in [-0.15, -0.1) is 11.8 Å². The summed E-state index contributed by atoms with van der Waals surface area (Å²) < 4.78 is 39.6. The molecule has 1 aliphatic rings. The Labute approximate surface area is 135 Å². The van der Waals surface area contributed by atoms with Crippen LogP contribution in [0.15, 0.2) is 11.2 Å². The van der Waals surface area contributed by atoms with Crippen LogP contribution in [0.4, 0.5) is 13.2 Å². The molecule has 1 aromatic heterocycles. The lowest BCUT2D eigenvalue weighted by Crippen LogP contribution is -2.18. The van der Waals surface area contributed by atoms with E-state index in [0.29, 0.717) is 12.2 Å². The molecule has 2 rings (SSSR count). The van der Waals surface area contributed by atoms with Gasteiger partial charge >= 0.3 is 6.18 Å². The summed E-state index contributed by atoms with van der Waals surface area (Å²) in [6, 6.07) is 0. The minimum atomic E-state index is -4.54. The molecular formula is C13H15ClF3N3OS. The molecule has 4 nitrogen and oxygen atoms in total. The van der Waals surface area contributed by atoms with Crippen LogP contribution in [0.2, 0.25) is 5.15 Å². The maximum Gasteiger partial charge on any atom is 0.435 e. The third kappa shape index (κ3) is 3.98. The second kappa shape index (κ2) is 6.16. The molecule has 0 unspecified atom stereocenters. The van der Waals surface area contributed by atoms with Crippen LogP contribution in [0.5, 0.6) is 0 Å². The van der Waals surface area contributed by atoms with Crippen molar-refractivity contribution in [3.8, 4) is 0 Å². The van der Waals surface area contributed by atoms with Gasteiger partial charge in [-0.05, 0) is 13.8 Å². The zero-order valence-electron chi connectivity index (χ0n) is 12.2. The largest absolute Gasteiger partial charge is 0.435 e. The Kier molecular flexibility index (Phi) is 4.81. The van der Waals surface area contributed by atoms with Crippen LogP contribution < -0.4 is 0 Å². The van der Waals surface area contributed by atoms with Crippen LogP contribution in [0.1, 0.15) is 31.5 Å². The summed E-state index contributed by atoms with van der Waals surface area (Å²) in [7, 11) is 1.37. The first-order chi connectivity index (χ1) is 10.1. The number of nitrogens with zero attached hydrogens (tertiary/aromatic N) is 3.